The zero-order valence-corrected chi connectivity index (χ0v) is 20.2. The maximum absolute atomic E-state index is 13.4. The van der Waals surface area contributed by atoms with Crippen molar-refractivity contribution < 1.29 is 18.7 Å². The summed E-state index contributed by atoms with van der Waals surface area (Å²) in [6.07, 6.45) is 1.77. The Kier molecular flexibility index (Phi) is 7.55. The van der Waals surface area contributed by atoms with Gasteiger partial charge in [0.15, 0.2) is 16.7 Å². The van der Waals surface area contributed by atoms with Gasteiger partial charge in [0.1, 0.15) is 12.4 Å². The van der Waals surface area contributed by atoms with Crippen molar-refractivity contribution in [3.63, 3.8) is 0 Å². The highest BCUT2D eigenvalue weighted by Gasteiger charge is 2.24. The Labute approximate surface area is 206 Å². The van der Waals surface area contributed by atoms with E-state index in [0.717, 1.165) is 16.7 Å². The summed E-state index contributed by atoms with van der Waals surface area (Å²) in [6, 6.07) is 17.1. The van der Waals surface area contributed by atoms with Crippen LogP contribution >= 0.6 is 23.4 Å². The molecule has 0 spiro atoms. The van der Waals surface area contributed by atoms with Gasteiger partial charge >= 0.3 is 0 Å². The maximum Gasteiger partial charge on any atom is 0.264 e. The fourth-order valence-corrected chi connectivity index (χ4v) is 4.25. The molecule has 3 aromatic rings. The van der Waals surface area contributed by atoms with Crippen LogP contribution in [0.3, 0.4) is 0 Å². The minimum Gasteiger partial charge on any atom is -0.490 e. The zero-order chi connectivity index (χ0) is 24.1. The molecule has 1 amide bonds. The Morgan fingerprint density at radius 3 is 2.71 bits per heavy atom. The monoisotopic (exact) mass is 496 g/mol. The number of hydrogen-bond acceptors (Lipinski definition) is 5. The molecule has 0 unspecified atom stereocenters. The van der Waals surface area contributed by atoms with Crippen LogP contribution in [0, 0.1) is 12.7 Å². The molecule has 5 nitrogen and oxygen atoms in total. The molecule has 0 aliphatic carbocycles. The molecule has 8 heteroatoms. The zero-order valence-electron chi connectivity index (χ0n) is 18.6. The Hall–Kier alpha value is -3.29. The Morgan fingerprint density at radius 1 is 1.09 bits per heavy atom. The first kappa shape index (κ1) is 23.9. The van der Waals surface area contributed by atoms with Crippen LogP contribution < -0.4 is 14.8 Å². The fourth-order valence-electron chi connectivity index (χ4n) is 3.25. The third-order valence-corrected chi connectivity index (χ3v) is 6.28. The van der Waals surface area contributed by atoms with Crippen LogP contribution in [0.1, 0.15) is 23.6 Å². The molecule has 0 radical (unpaired) electrons. The van der Waals surface area contributed by atoms with E-state index in [9.17, 15) is 9.18 Å². The molecule has 3 aromatic carbocycles. The summed E-state index contributed by atoms with van der Waals surface area (Å²) in [7, 11) is 0. The van der Waals surface area contributed by atoms with Gasteiger partial charge < -0.3 is 14.8 Å². The van der Waals surface area contributed by atoms with Crippen LogP contribution in [0.5, 0.6) is 11.5 Å². The van der Waals surface area contributed by atoms with Gasteiger partial charge in [-0.3, -0.25) is 4.79 Å². The molecule has 0 aromatic heterocycles. The van der Waals surface area contributed by atoms with Crippen LogP contribution in [-0.2, 0) is 11.4 Å². The molecule has 1 aliphatic heterocycles. The third-order valence-electron chi connectivity index (χ3n) is 4.96. The van der Waals surface area contributed by atoms with Gasteiger partial charge in [0.25, 0.3) is 5.91 Å². The van der Waals surface area contributed by atoms with E-state index in [1.54, 1.807) is 30.3 Å². The topological polar surface area (TPSA) is 59.9 Å². The predicted octanol–water partition coefficient (Wildman–Crippen LogP) is 6.66. The summed E-state index contributed by atoms with van der Waals surface area (Å²) >= 11 is 7.42. The fraction of sp³-hybridized carbons (Fsp3) is 0.154. The molecule has 0 atom stereocenters. The van der Waals surface area contributed by atoms with E-state index in [-0.39, 0.29) is 18.3 Å². The van der Waals surface area contributed by atoms with Crippen molar-refractivity contribution in [3.05, 3.63) is 93.1 Å². The number of benzene rings is 3. The number of hydrogen-bond donors (Lipinski definition) is 1. The van der Waals surface area contributed by atoms with Crippen molar-refractivity contribution in [2.45, 2.75) is 20.5 Å². The Bertz CT molecular complexity index is 1290. The molecule has 4 rings (SSSR count). The maximum atomic E-state index is 13.4. The second kappa shape index (κ2) is 10.8. The van der Waals surface area contributed by atoms with Crippen LogP contribution in [-0.4, -0.2) is 17.7 Å². The largest absolute Gasteiger partial charge is 0.490 e. The van der Waals surface area contributed by atoms with E-state index < -0.39 is 0 Å². The van der Waals surface area contributed by atoms with Gasteiger partial charge in [-0.25, -0.2) is 9.38 Å². The smallest absolute Gasteiger partial charge is 0.264 e. The molecule has 1 fully saturated rings. The van der Waals surface area contributed by atoms with E-state index in [0.29, 0.717) is 38.9 Å². The van der Waals surface area contributed by atoms with Crippen LogP contribution in [0.4, 0.5) is 10.1 Å². The first-order valence-corrected chi connectivity index (χ1v) is 11.8. The summed E-state index contributed by atoms with van der Waals surface area (Å²) in [5.74, 6) is 0.539. The minimum atomic E-state index is -0.311. The number of ether oxygens (including phenoxy) is 2. The van der Waals surface area contributed by atoms with Crippen molar-refractivity contribution in [2.75, 3.05) is 6.61 Å². The van der Waals surface area contributed by atoms with Crippen molar-refractivity contribution >= 4 is 46.2 Å². The number of halogens is 2. The van der Waals surface area contributed by atoms with E-state index in [4.69, 9.17) is 21.1 Å². The number of nitrogens with one attached hydrogen (secondary N) is 1. The van der Waals surface area contributed by atoms with Crippen LogP contribution in [0.2, 0.25) is 5.02 Å². The molecule has 174 valence electrons. The average Bonchev–Trinajstić information content (AvgIpc) is 3.15. The molecule has 0 saturated carbocycles. The summed E-state index contributed by atoms with van der Waals surface area (Å²) in [4.78, 5) is 17.5. The normalized spacial score (nSPS) is 15.6. The van der Waals surface area contributed by atoms with Gasteiger partial charge in [-0.1, -0.05) is 35.9 Å². The highest BCUT2D eigenvalue weighted by Crippen LogP contribution is 2.34. The quantitative estimate of drug-likeness (QED) is 0.372. The van der Waals surface area contributed by atoms with E-state index in [2.05, 4.69) is 10.3 Å². The second-order valence-corrected chi connectivity index (χ2v) is 8.86. The van der Waals surface area contributed by atoms with Gasteiger partial charge in [-0.05, 0) is 84.8 Å². The summed E-state index contributed by atoms with van der Waals surface area (Å²) < 4.78 is 25.0. The summed E-state index contributed by atoms with van der Waals surface area (Å²) in [5.41, 5.74) is 3.04. The second-order valence-electron chi connectivity index (χ2n) is 7.42. The van der Waals surface area contributed by atoms with Crippen molar-refractivity contribution in [1.29, 1.82) is 0 Å². The van der Waals surface area contributed by atoms with Crippen molar-refractivity contribution in [1.82, 2.24) is 5.32 Å². The lowest BCUT2D eigenvalue weighted by Crippen LogP contribution is -2.19. The molecule has 1 heterocycles. The standard InChI is InChI=1S/C26H22ClFN2O3S/c1-3-32-23-13-17(10-11-22(23)33-15-18-6-4-7-19(28)12-18)14-24-25(31)30-26(34-24)29-21-9-5-8-20(27)16(21)2/h4-14H,3,15H2,1-2H3,(H,29,30,31)/b24-14+. The van der Waals surface area contributed by atoms with Crippen LogP contribution in [0.15, 0.2) is 70.6 Å². The molecule has 1 N–H and O–H groups in total. The number of nitrogens with zero attached hydrogens (tertiary/aromatic N) is 1. The van der Waals surface area contributed by atoms with Gasteiger partial charge in [0.05, 0.1) is 17.2 Å². The van der Waals surface area contributed by atoms with Crippen molar-refractivity contribution in [3.8, 4) is 11.5 Å². The highest BCUT2D eigenvalue weighted by molar-refractivity contribution is 8.18. The number of carbonyl (C=O) groups is 1. The number of amides is 1. The number of thioether (sulfide) groups is 1. The van der Waals surface area contributed by atoms with Gasteiger partial charge in [0, 0.05) is 5.02 Å². The lowest BCUT2D eigenvalue weighted by molar-refractivity contribution is -0.115. The summed E-state index contributed by atoms with van der Waals surface area (Å²) in [6.45, 7) is 4.41. The number of amidine groups is 1. The summed E-state index contributed by atoms with van der Waals surface area (Å²) in [5, 5.41) is 3.90. The lowest BCUT2D eigenvalue weighted by atomic mass is 10.2. The third kappa shape index (κ3) is 5.79. The molecule has 1 saturated heterocycles. The average molecular weight is 497 g/mol. The van der Waals surface area contributed by atoms with E-state index in [1.807, 2.05) is 38.1 Å². The van der Waals surface area contributed by atoms with Gasteiger partial charge in [-0.2, -0.15) is 0 Å². The van der Waals surface area contributed by atoms with E-state index in [1.165, 1.54) is 23.9 Å². The Morgan fingerprint density at radius 2 is 1.91 bits per heavy atom. The molecular weight excluding hydrogens is 475 g/mol. The Balaban J connectivity index is 1.52. The van der Waals surface area contributed by atoms with Gasteiger partial charge in [-0.15, -0.1) is 0 Å². The highest BCUT2D eigenvalue weighted by atomic mass is 35.5. The molecule has 1 aliphatic rings. The number of carbonyl (C=O) groups excluding carboxylic acids is 1. The number of aliphatic imine (C=N–C) groups is 1. The van der Waals surface area contributed by atoms with Gasteiger partial charge in [0.2, 0.25) is 0 Å². The molecule has 34 heavy (non-hydrogen) atoms. The minimum absolute atomic E-state index is 0.208. The first-order chi connectivity index (χ1) is 16.4. The van der Waals surface area contributed by atoms with Crippen molar-refractivity contribution in [2.24, 2.45) is 4.99 Å². The van der Waals surface area contributed by atoms with Crippen LogP contribution in [0.25, 0.3) is 6.08 Å². The predicted molar refractivity (Wildman–Crippen MR) is 135 cm³/mol. The number of rotatable bonds is 7. The molecule has 0 bridgehead atoms. The SMILES string of the molecule is CCOc1cc(/C=C2/SC(=Nc3cccc(Cl)c3C)NC2=O)ccc1OCc1cccc(F)c1. The van der Waals surface area contributed by atoms with E-state index >= 15 is 0 Å². The first-order valence-electron chi connectivity index (χ1n) is 10.6. The lowest BCUT2D eigenvalue weighted by Gasteiger charge is -2.13. The molecular formula is C26H22ClFN2O3S.